The Morgan fingerprint density at radius 2 is 1.92 bits per heavy atom. The van der Waals surface area contributed by atoms with Crippen molar-refractivity contribution in [2.24, 2.45) is 0 Å². The number of hydrogen-bond acceptors (Lipinski definition) is 0. The fourth-order valence-corrected chi connectivity index (χ4v) is 4.00. The molecule has 0 aliphatic heterocycles. The topological polar surface area (TPSA) is 0 Å². The van der Waals surface area contributed by atoms with E-state index in [1.807, 2.05) is 0 Å². The molecule has 0 fully saturated rings. The van der Waals surface area contributed by atoms with Crippen LogP contribution < -0.4 is 0 Å². The molecule has 0 heterocycles. The van der Waals surface area contributed by atoms with Crippen molar-refractivity contribution in [3.8, 4) is 0 Å². The van der Waals surface area contributed by atoms with Crippen LogP contribution in [0.15, 0.2) is 30.3 Å². The van der Waals surface area contributed by atoms with Crippen LogP contribution in [-0.2, 0) is 6.04 Å². The normalized spacial score (nSPS) is 15.3. The number of rotatable bonds is 4. The summed E-state index contributed by atoms with van der Waals surface area (Å²) >= 11 is 6.40. The van der Waals surface area contributed by atoms with Crippen molar-refractivity contribution >= 4 is 19.2 Å². The monoisotopic (exact) mass is 212 g/mol. The first-order valence-corrected chi connectivity index (χ1v) is 8.15. The van der Waals surface area contributed by atoms with Crippen molar-refractivity contribution in [1.29, 1.82) is 0 Å². The van der Waals surface area contributed by atoms with Crippen LogP contribution in [0.5, 0.6) is 0 Å². The van der Waals surface area contributed by atoms with E-state index < -0.39 is 8.11 Å². The highest BCUT2D eigenvalue weighted by molar-refractivity contribution is 7.07. The predicted molar refractivity (Wildman–Crippen MR) is 62.9 cm³/mol. The Labute approximate surface area is 87.2 Å². The fourth-order valence-electron chi connectivity index (χ4n) is 1.30. The van der Waals surface area contributed by atoms with Gasteiger partial charge in [-0.1, -0.05) is 50.6 Å². The first-order chi connectivity index (χ1) is 6.24. The second kappa shape index (κ2) is 5.46. The lowest BCUT2D eigenvalue weighted by Gasteiger charge is -2.13. The lowest BCUT2D eigenvalue weighted by molar-refractivity contribution is 0.859. The molecular formula is C11H17ClSi. The molecule has 0 saturated carbocycles. The highest BCUT2D eigenvalue weighted by Gasteiger charge is 2.14. The van der Waals surface area contributed by atoms with Crippen LogP contribution in [0.4, 0.5) is 0 Å². The zero-order valence-electron chi connectivity index (χ0n) is 8.33. The lowest BCUT2D eigenvalue weighted by Crippen LogP contribution is -2.14. The molecule has 0 aliphatic carbocycles. The van der Waals surface area contributed by atoms with Crippen LogP contribution in [0, 0.1) is 0 Å². The predicted octanol–water partition coefficient (Wildman–Crippen LogP) is 3.53. The van der Waals surface area contributed by atoms with Gasteiger partial charge in [-0.05, 0) is 17.1 Å². The average molecular weight is 213 g/mol. The molecule has 1 aromatic rings. The van der Waals surface area contributed by atoms with Gasteiger partial charge in [-0.25, -0.2) is 0 Å². The zero-order valence-corrected chi connectivity index (χ0v) is 10.2. The number of hydrogen-bond donors (Lipinski definition) is 0. The van der Waals surface area contributed by atoms with E-state index in [9.17, 15) is 0 Å². The van der Waals surface area contributed by atoms with E-state index in [-0.39, 0.29) is 0 Å². The molecule has 0 nitrogen and oxygen atoms in total. The summed E-state index contributed by atoms with van der Waals surface area (Å²) in [5, 5.41) is 0. The smallest absolute Gasteiger partial charge is 0.148 e. The van der Waals surface area contributed by atoms with Crippen molar-refractivity contribution in [1.82, 2.24) is 0 Å². The first kappa shape index (κ1) is 10.8. The standard InChI is InChI=1S/C11H17ClSi/c1-3-10(2)13(12)9-11-7-5-4-6-8-11/h4-8,10,13H,3,9H2,1-2H3. The van der Waals surface area contributed by atoms with E-state index in [2.05, 4.69) is 44.2 Å². The minimum Gasteiger partial charge on any atom is -0.171 e. The lowest BCUT2D eigenvalue weighted by atomic mass is 10.2. The molecular weight excluding hydrogens is 196 g/mol. The van der Waals surface area contributed by atoms with Crippen LogP contribution in [0.1, 0.15) is 25.8 Å². The molecule has 72 valence electrons. The third-order valence-corrected chi connectivity index (χ3v) is 6.86. The molecule has 0 saturated heterocycles. The minimum atomic E-state index is -1.05. The van der Waals surface area contributed by atoms with E-state index in [0.29, 0.717) is 0 Å². The van der Waals surface area contributed by atoms with Gasteiger partial charge in [-0.3, -0.25) is 0 Å². The average Bonchev–Trinajstić information content (AvgIpc) is 2.18. The van der Waals surface area contributed by atoms with Crippen LogP contribution in [0.25, 0.3) is 0 Å². The third kappa shape index (κ3) is 3.53. The van der Waals surface area contributed by atoms with Gasteiger partial charge in [-0.2, -0.15) is 11.1 Å². The summed E-state index contributed by atoms with van der Waals surface area (Å²) in [7, 11) is -1.05. The summed E-state index contributed by atoms with van der Waals surface area (Å²) in [6, 6.07) is 11.7. The zero-order chi connectivity index (χ0) is 9.68. The molecule has 2 heteroatoms. The summed E-state index contributed by atoms with van der Waals surface area (Å²) in [5.41, 5.74) is 2.14. The van der Waals surface area contributed by atoms with E-state index in [1.165, 1.54) is 12.0 Å². The molecule has 0 bridgehead atoms. The van der Waals surface area contributed by atoms with E-state index >= 15 is 0 Å². The van der Waals surface area contributed by atoms with Gasteiger partial charge in [0.15, 0.2) is 0 Å². The van der Waals surface area contributed by atoms with E-state index in [4.69, 9.17) is 11.1 Å². The highest BCUT2D eigenvalue weighted by Crippen LogP contribution is 2.20. The van der Waals surface area contributed by atoms with Gasteiger partial charge in [0.25, 0.3) is 0 Å². The Balaban J connectivity index is 2.50. The Morgan fingerprint density at radius 1 is 1.31 bits per heavy atom. The molecule has 0 aliphatic rings. The van der Waals surface area contributed by atoms with Crippen molar-refractivity contribution in [3.05, 3.63) is 35.9 Å². The maximum absolute atomic E-state index is 6.40. The second-order valence-corrected chi connectivity index (χ2v) is 7.85. The Kier molecular flexibility index (Phi) is 4.53. The second-order valence-electron chi connectivity index (χ2n) is 3.59. The Bertz CT molecular complexity index is 235. The quantitative estimate of drug-likeness (QED) is 0.529. The molecule has 0 aromatic heterocycles. The Morgan fingerprint density at radius 3 is 2.46 bits per heavy atom. The minimum absolute atomic E-state index is 0.738. The van der Waals surface area contributed by atoms with Crippen molar-refractivity contribution in [3.63, 3.8) is 0 Å². The van der Waals surface area contributed by atoms with Gasteiger partial charge >= 0.3 is 0 Å². The maximum atomic E-state index is 6.40. The van der Waals surface area contributed by atoms with Gasteiger partial charge in [0, 0.05) is 0 Å². The number of benzene rings is 1. The van der Waals surface area contributed by atoms with Gasteiger partial charge < -0.3 is 0 Å². The van der Waals surface area contributed by atoms with Crippen molar-refractivity contribution in [2.45, 2.75) is 31.9 Å². The van der Waals surface area contributed by atoms with Crippen LogP contribution in [0.3, 0.4) is 0 Å². The summed E-state index contributed by atoms with van der Waals surface area (Å²) in [5.74, 6) is 0. The Hall–Kier alpha value is -0.273. The van der Waals surface area contributed by atoms with Crippen molar-refractivity contribution in [2.75, 3.05) is 0 Å². The summed E-state index contributed by atoms with van der Waals surface area (Å²) in [4.78, 5) is 0. The fraction of sp³-hybridized carbons (Fsp3) is 0.455. The number of halogens is 1. The summed E-state index contributed by atoms with van der Waals surface area (Å²) < 4.78 is 0. The van der Waals surface area contributed by atoms with Gasteiger partial charge in [-0.15, -0.1) is 0 Å². The molecule has 13 heavy (non-hydrogen) atoms. The maximum Gasteiger partial charge on any atom is 0.148 e. The summed E-state index contributed by atoms with van der Waals surface area (Å²) in [6.45, 7) is 4.49. The SMILES string of the molecule is CCC(C)[SiH](Cl)Cc1ccccc1. The van der Waals surface area contributed by atoms with Crippen LogP contribution >= 0.6 is 11.1 Å². The van der Waals surface area contributed by atoms with Crippen LogP contribution in [-0.4, -0.2) is 8.11 Å². The molecule has 2 unspecified atom stereocenters. The van der Waals surface area contributed by atoms with Crippen molar-refractivity contribution < 1.29 is 0 Å². The first-order valence-electron chi connectivity index (χ1n) is 4.92. The van der Waals surface area contributed by atoms with Gasteiger partial charge in [0.1, 0.15) is 8.11 Å². The largest absolute Gasteiger partial charge is 0.171 e. The van der Waals surface area contributed by atoms with Crippen LogP contribution in [0.2, 0.25) is 5.54 Å². The van der Waals surface area contributed by atoms with Gasteiger partial charge in [0.2, 0.25) is 0 Å². The van der Waals surface area contributed by atoms with E-state index in [0.717, 1.165) is 11.6 Å². The molecule has 0 N–H and O–H groups in total. The highest BCUT2D eigenvalue weighted by atomic mass is 35.6. The summed E-state index contributed by atoms with van der Waals surface area (Å²) in [6.07, 6.45) is 1.22. The molecule has 2 atom stereocenters. The molecule has 0 amide bonds. The molecule has 1 rings (SSSR count). The molecule has 0 radical (unpaired) electrons. The van der Waals surface area contributed by atoms with Gasteiger partial charge in [0.05, 0.1) is 0 Å². The molecule has 0 spiro atoms. The molecule has 1 aromatic carbocycles. The van der Waals surface area contributed by atoms with E-state index in [1.54, 1.807) is 0 Å². The third-order valence-electron chi connectivity index (χ3n) is 2.53.